The van der Waals surface area contributed by atoms with Crippen molar-refractivity contribution < 1.29 is 0 Å². The van der Waals surface area contributed by atoms with E-state index in [1.165, 1.54) is 0 Å². The first kappa shape index (κ1) is 9.77. The molecule has 1 heterocycles. The summed E-state index contributed by atoms with van der Waals surface area (Å²) in [6, 6.07) is 0. The van der Waals surface area contributed by atoms with E-state index in [0.717, 1.165) is 5.69 Å². The Bertz CT molecular complexity index is 294. The van der Waals surface area contributed by atoms with Crippen LogP contribution in [0.2, 0.25) is 0 Å². The molecule has 2 N–H and O–H groups in total. The monoisotopic (exact) mass is 180 g/mol. The molecule has 4 nitrogen and oxygen atoms in total. The van der Waals surface area contributed by atoms with Gasteiger partial charge in [0.25, 0.3) is 0 Å². The standard InChI is InChI=1S/C9H16N4/c1-6(2)8-7(10)5-11-9(12-8)13(3)4/h5-6H,10H2,1-4H3. The van der Waals surface area contributed by atoms with E-state index >= 15 is 0 Å². The molecule has 0 amide bonds. The Morgan fingerprint density at radius 2 is 2.00 bits per heavy atom. The molecule has 0 fully saturated rings. The van der Waals surface area contributed by atoms with Crippen LogP contribution in [0.1, 0.15) is 25.5 Å². The molecule has 0 aliphatic rings. The summed E-state index contributed by atoms with van der Waals surface area (Å²) in [6.07, 6.45) is 1.66. The van der Waals surface area contributed by atoms with E-state index in [9.17, 15) is 0 Å². The third kappa shape index (κ3) is 2.08. The summed E-state index contributed by atoms with van der Waals surface area (Å²) in [5.74, 6) is 1.04. The lowest BCUT2D eigenvalue weighted by Gasteiger charge is -2.13. The third-order valence-electron chi connectivity index (χ3n) is 1.78. The van der Waals surface area contributed by atoms with Gasteiger partial charge >= 0.3 is 0 Å². The van der Waals surface area contributed by atoms with Gasteiger partial charge in [0.1, 0.15) is 0 Å². The van der Waals surface area contributed by atoms with Crippen LogP contribution in [-0.4, -0.2) is 24.1 Å². The zero-order valence-corrected chi connectivity index (χ0v) is 8.57. The molecule has 13 heavy (non-hydrogen) atoms. The van der Waals surface area contributed by atoms with Crippen LogP contribution in [0.4, 0.5) is 11.6 Å². The average Bonchev–Trinajstić information content (AvgIpc) is 2.04. The number of rotatable bonds is 2. The Hall–Kier alpha value is -1.32. The maximum absolute atomic E-state index is 5.75. The SMILES string of the molecule is CC(C)c1nc(N(C)C)ncc1N. The molecule has 0 saturated heterocycles. The Morgan fingerprint density at radius 1 is 1.38 bits per heavy atom. The van der Waals surface area contributed by atoms with E-state index in [0.29, 0.717) is 17.6 Å². The maximum Gasteiger partial charge on any atom is 0.225 e. The molecular formula is C9H16N4. The summed E-state index contributed by atoms with van der Waals surface area (Å²) in [5.41, 5.74) is 7.33. The highest BCUT2D eigenvalue weighted by molar-refractivity contribution is 5.45. The van der Waals surface area contributed by atoms with E-state index in [4.69, 9.17) is 5.73 Å². The summed E-state index contributed by atoms with van der Waals surface area (Å²) < 4.78 is 0. The average molecular weight is 180 g/mol. The van der Waals surface area contributed by atoms with E-state index < -0.39 is 0 Å². The van der Waals surface area contributed by atoms with Crippen LogP contribution >= 0.6 is 0 Å². The van der Waals surface area contributed by atoms with Crippen LogP contribution in [0.15, 0.2) is 6.20 Å². The smallest absolute Gasteiger partial charge is 0.225 e. The molecule has 1 aromatic rings. The van der Waals surface area contributed by atoms with E-state index in [2.05, 4.69) is 23.8 Å². The van der Waals surface area contributed by atoms with Crippen LogP contribution < -0.4 is 10.6 Å². The first-order chi connectivity index (χ1) is 6.02. The maximum atomic E-state index is 5.75. The predicted molar refractivity (Wildman–Crippen MR) is 54.9 cm³/mol. The van der Waals surface area contributed by atoms with Crippen LogP contribution in [0.25, 0.3) is 0 Å². The van der Waals surface area contributed by atoms with Gasteiger partial charge in [0.2, 0.25) is 5.95 Å². The predicted octanol–water partition coefficient (Wildman–Crippen LogP) is 1.25. The lowest BCUT2D eigenvalue weighted by molar-refractivity contribution is 0.811. The van der Waals surface area contributed by atoms with Crippen molar-refractivity contribution in [2.75, 3.05) is 24.7 Å². The quantitative estimate of drug-likeness (QED) is 0.744. The second-order valence-corrected chi connectivity index (χ2v) is 3.56. The molecule has 0 unspecified atom stereocenters. The highest BCUT2D eigenvalue weighted by atomic mass is 15.2. The van der Waals surface area contributed by atoms with Crippen molar-refractivity contribution in [3.63, 3.8) is 0 Å². The van der Waals surface area contributed by atoms with Crippen molar-refractivity contribution in [2.24, 2.45) is 0 Å². The third-order valence-corrected chi connectivity index (χ3v) is 1.78. The molecule has 0 aliphatic carbocycles. The van der Waals surface area contributed by atoms with Gasteiger partial charge in [-0.15, -0.1) is 0 Å². The highest BCUT2D eigenvalue weighted by Gasteiger charge is 2.08. The molecule has 0 aromatic carbocycles. The molecule has 0 radical (unpaired) electrons. The molecule has 0 spiro atoms. The van der Waals surface area contributed by atoms with Gasteiger partial charge in [0.05, 0.1) is 17.6 Å². The lowest BCUT2D eigenvalue weighted by Crippen LogP contribution is -2.14. The second kappa shape index (κ2) is 3.60. The van der Waals surface area contributed by atoms with Crippen molar-refractivity contribution in [3.8, 4) is 0 Å². The fourth-order valence-corrected chi connectivity index (χ4v) is 1.07. The van der Waals surface area contributed by atoms with Gasteiger partial charge in [-0.1, -0.05) is 13.8 Å². The van der Waals surface area contributed by atoms with Crippen LogP contribution in [0, 0.1) is 0 Å². The number of anilines is 2. The van der Waals surface area contributed by atoms with E-state index in [1.807, 2.05) is 19.0 Å². The molecule has 1 rings (SSSR count). The molecule has 1 aromatic heterocycles. The van der Waals surface area contributed by atoms with Crippen LogP contribution in [0.5, 0.6) is 0 Å². The number of hydrogen-bond donors (Lipinski definition) is 1. The van der Waals surface area contributed by atoms with Gasteiger partial charge in [-0.05, 0) is 5.92 Å². The summed E-state index contributed by atoms with van der Waals surface area (Å²) in [6.45, 7) is 4.14. The largest absolute Gasteiger partial charge is 0.396 e. The number of nitrogens with zero attached hydrogens (tertiary/aromatic N) is 3. The molecule has 4 heteroatoms. The van der Waals surface area contributed by atoms with E-state index in [1.54, 1.807) is 6.20 Å². The minimum absolute atomic E-state index is 0.335. The first-order valence-corrected chi connectivity index (χ1v) is 4.32. The molecule has 0 aliphatic heterocycles. The fraction of sp³-hybridized carbons (Fsp3) is 0.556. The van der Waals surface area contributed by atoms with Gasteiger partial charge in [-0.2, -0.15) is 0 Å². The first-order valence-electron chi connectivity index (χ1n) is 4.32. The topological polar surface area (TPSA) is 55.0 Å². The van der Waals surface area contributed by atoms with Gasteiger partial charge in [0.15, 0.2) is 0 Å². The fourth-order valence-electron chi connectivity index (χ4n) is 1.07. The Morgan fingerprint density at radius 3 is 2.46 bits per heavy atom. The minimum Gasteiger partial charge on any atom is -0.396 e. The summed E-state index contributed by atoms with van der Waals surface area (Å²) in [7, 11) is 3.82. The Balaban J connectivity index is 3.11. The van der Waals surface area contributed by atoms with Crippen molar-refractivity contribution in [1.29, 1.82) is 0 Å². The van der Waals surface area contributed by atoms with Gasteiger partial charge in [0, 0.05) is 14.1 Å². The Labute approximate surface area is 78.8 Å². The minimum atomic E-state index is 0.335. The molecule has 0 bridgehead atoms. The lowest BCUT2D eigenvalue weighted by atomic mass is 10.1. The summed E-state index contributed by atoms with van der Waals surface area (Å²) in [5, 5.41) is 0. The molecule has 0 atom stereocenters. The van der Waals surface area contributed by atoms with Crippen molar-refractivity contribution in [2.45, 2.75) is 19.8 Å². The number of aromatic nitrogens is 2. The van der Waals surface area contributed by atoms with Gasteiger partial charge in [-0.25, -0.2) is 9.97 Å². The van der Waals surface area contributed by atoms with Crippen LogP contribution in [-0.2, 0) is 0 Å². The zero-order valence-electron chi connectivity index (χ0n) is 8.57. The normalized spacial score (nSPS) is 10.5. The zero-order chi connectivity index (χ0) is 10.0. The van der Waals surface area contributed by atoms with Crippen molar-refractivity contribution in [3.05, 3.63) is 11.9 Å². The number of nitrogens with two attached hydrogens (primary N) is 1. The number of nitrogen functional groups attached to an aromatic ring is 1. The highest BCUT2D eigenvalue weighted by Crippen LogP contribution is 2.19. The second-order valence-electron chi connectivity index (χ2n) is 3.56. The van der Waals surface area contributed by atoms with Crippen LogP contribution in [0.3, 0.4) is 0 Å². The van der Waals surface area contributed by atoms with Crippen molar-refractivity contribution in [1.82, 2.24) is 9.97 Å². The molecule has 0 saturated carbocycles. The Kier molecular flexibility index (Phi) is 2.70. The van der Waals surface area contributed by atoms with Crippen molar-refractivity contribution >= 4 is 11.6 Å². The van der Waals surface area contributed by atoms with Gasteiger partial charge < -0.3 is 10.6 Å². The van der Waals surface area contributed by atoms with E-state index in [-0.39, 0.29) is 0 Å². The number of hydrogen-bond acceptors (Lipinski definition) is 4. The summed E-state index contributed by atoms with van der Waals surface area (Å²) >= 11 is 0. The summed E-state index contributed by atoms with van der Waals surface area (Å²) in [4.78, 5) is 10.3. The van der Waals surface area contributed by atoms with Gasteiger partial charge in [-0.3, -0.25) is 0 Å². The molecule has 72 valence electrons. The molecular weight excluding hydrogens is 164 g/mol.